The van der Waals surface area contributed by atoms with Crippen molar-refractivity contribution in [2.24, 2.45) is 0 Å². The Balaban J connectivity index is 1.41. The molecule has 7 aromatic carbocycles. The van der Waals surface area contributed by atoms with Crippen LogP contribution in [0.1, 0.15) is 0 Å². The van der Waals surface area contributed by atoms with E-state index in [4.69, 9.17) is 0 Å². The summed E-state index contributed by atoms with van der Waals surface area (Å²) in [5, 5.41) is 5.08. The van der Waals surface area contributed by atoms with Crippen molar-refractivity contribution in [3.63, 3.8) is 0 Å². The molecule has 2 nitrogen and oxygen atoms in total. The first-order valence-corrected chi connectivity index (χ1v) is 16.1. The Kier molecular flexibility index (Phi) is 6.03. The van der Waals surface area contributed by atoms with Gasteiger partial charge in [0, 0.05) is 48.0 Å². The molecule has 0 atom stereocenters. The van der Waals surface area contributed by atoms with E-state index in [2.05, 4.69) is 179 Å². The Bertz CT molecular complexity index is 2470. The van der Waals surface area contributed by atoms with Crippen LogP contribution in [0.15, 0.2) is 170 Å². The normalized spacial score (nSPS) is 11.6. The summed E-state index contributed by atoms with van der Waals surface area (Å²) in [7, 11) is 0. The lowest BCUT2D eigenvalue weighted by Crippen LogP contribution is -2.10. The van der Waals surface area contributed by atoms with Gasteiger partial charge in [0.25, 0.3) is 0 Å². The third kappa shape index (κ3) is 4.24. The molecule has 0 bridgehead atoms. The summed E-state index contributed by atoms with van der Waals surface area (Å²) >= 11 is 1.86. The molecule has 0 spiro atoms. The standard InChI is InChI=1S/C42H28N2S/c1-4-14-29(15-5-1)30-26-38(42-36-21-10-12-22-37(36)44(39(42)27-30)32-18-8-3-9-19-32)43(31-16-6-2-7-17-31)33-24-25-35-34-20-11-13-23-40(34)45-41(35)28-33/h1-28H. The molecular formula is C42H28N2S. The summed E-state index contributed by atoms with van der Waals surface area (Å²) in [4.78, 5) is 2.44. The van der Waals surface area contributed by atoms with E-state index in [1.54, 1.807) is 0 Å². The SMILES string of the molecule is c1ccc(-c2cc(N(c3ccccc3)c3ccc4c(c3)sc3ccccc34)c3c4ccccc4n(-c4ccccc4)c3c2)cc1. The number of anilines is 3. The lowest BCUT2D eigenvalue weighted by atomic mass is 10.00. The second kappa shape index (κ2) is 10.5. The van der Waals surface area contributed by atoms with Gasteiger partial charge in [0.2, 0.25) is 0 Å². The highest BCUT2D eigenvalue weighted by atomic mass is 32.1. The molecule has 0 aliphatic heterocycles. The van der Waals surface area contributed by atoms with Crippen molar-refractivity contribution >= 4 is 70.4 Å². The molecule has 212 valence electrons. The van der Waals surface area contributed by atoms with Crippen molar-refractivity contribution in [3.05, 3.63) is 170 Å². The van der Waals surface area contributed by atoms with Gasteiger partial charge in [0.1, 0.15) is 0 Å². The van der Waals surface area contributed by atoms with Crippen LogP contribution >= 0.6 is 11.3 Å². The quantitative estimate of drug-likeness (QED) is 0.193. The minimum Gasteiger partial charge on any atom is -0.310 e. The maximum atomic E-state index is 2.44. The average Bonchev–Trinajstić information content (AvgIpc) is 3.65. The fourth-order valence-corrected chi connectivity index (χ4v) is 7.90. The minimum atomic E-state index is 1.13. The Morgan fingerprint density at radius 2 is 1.07 bits per heavy atom. The van der Waals surface area contributed by atoms with Crippen LogP contribution in [-0.4, -0.2) is 4.57 Å². The van der Waals surface area contributed by atoms with Gasteiger partial charge in [0.05, 0.1) is 16.7 Å². The highest BCUT2D eigenvalue weighted by Gasteiger charge is 2.23. The fourth-order valence-electron chi connectivity index (χ4n) is 6.76. The van der Waals surface area contributed by atoms with Crippen LogP contribution in [0.2, 0.25) is 0 Å². The molecule has 9 aromatic rings. The predicted octanol–water partition coefficient (Wildman–Crippen LogP) is 12.3. The van der Waals surface area contributed by atoms with Gasteiger partial charge in [-0.3, -0.25) is 0 Å². The number of benzene rings is 7. The van der Waals surface area contributed by atoms with Crippen LogP contribution in [0.4, 0.5) is 17.1 Å². The van der Waals surface area contributed by atoms with Crippen molar-refractivity contribution < 1.29 is 0 Å². The highest BCUT2D eigenvalue weighted by Crippen LogP contribution is 2.47. The van der Waals surface area contributed by atoms with Gasteiger partial charge >= 0.3 is 0 Å². The first kappa shape index (κ1) is 25.8. The molecule has 0 N–H and O–H groups in total. The number of hydrogen-bond acceptors (Lipinski definition) is 2. The van der Waals surface area contributed by atoms with Crippen molar-refractivity contribution in [3.8, 4) is 16.8 Å². The van der Waals surface area contributed by atoms with Gasteiger partial charge in [-0.2, -0.15) is 0 Å². The van der Waals surface area contributed by atoms with Crippen LogP contribution in [0.25, 0.3) is 58.8 Å². The van der Waals surface area contributed by atoms with Gasteiger partial charge in [-0.1, -0.05) is 109 Å². The van der Waals surface area contributed by atoms with E-state index >= 15 is 0 Å². The maximum absolute atomic E-state index is 2.44. The molecule has 0 radical (unpaired) electrons. The third-order valence-corrected chi connectivity index (χ3v) is 9.88. The smallest absolute Gasteiger partial charge is 0.0568 e. The van der Waals surface area contributed by atoms with Crippen molar-refractivity contribution in [2.75, 3.05) is 4.90 Å². The number of para-hydroxylation sites is 3. The van der Waals surface area contributed by atoms with E-state index in [1.807, 2.05) is 11.3 Å². The minimum absolute atomic E-state index is 1.13. The van der Waals surface area contributed by atoms with E-state index in [0.29, 0.717) is 0 Å². The van der Waals surface area contributed by atoms with Crippen molar-refractivity contribution in [2.45, 2.75) is 0 Å². The predicted molar refractivity (Wildman–Crippen MR) is 194 cm³/mol. The summed E-state index contributed by atoms with van der Waals surface area (Å²) in [6, 6.07) is 61.4. The van der Waals surface area contributed by atoms with Crippen LogP contribution in [-0.2, 0) is 0 Å². The van der Waals surface area contributed by atoms with Crippen LogP contribution in [0.3, 0.4) is 0 Å². The fraction of sp³-hybridized carbons (Fsp3) is 0. The van der Waals surface area contributed by atoms with Crippen molar-refractivity contribution in [1.29, 1.82) is 0 Å². The maximum Gasteiger partial charge on any atom is 0.0568 e. The Morgan fingerprint density at radius 3 is 1.87 bits per heavy atom. The molecular weight excluding hydrogens is 565 g/mol. The number of thiophene rings is 1. The molecule has 0 saturated heterocycles. The Hall–Kier alpha value is -5.64. The average molecular weight is 593 g/mol. The molecule has 9 rings (SSSR count). The molecule has 3 heteroatoms. The van der Waals surface area contributed by atoms with E-state index in [0.717, 1.165) is 22.7 Å². The third-order valence-electron chi connectivity index (χ3n) is 8.75. The van der Waals surface area contributed by atoms with Crippen LogP contribution < -0.4 is 4.90 Å². The van der Waals surface area contributed by atoms with Crippen LogP contribution in [0.5, 0.6) is 0 Å². The zero-order valence-corrected chi connectivity index (χ0v) is 25.3. The molecule has 0 amide bonds. The molecule has 45 heavy (non-hydrogen) atoms. The topological polar surface area (TPSA) is 8.17 Å². The van der Waals surface area contributed by atoms with E-state index < -0.39 is 0 Å². The molecule has 0 aliphatic carbocycles. The highest BCUT2D eigenvalue weighted by molar-refractivity contribution is 7.25. The molecule has 2 heterocycles. The number of nitrogens with zero attached hydrogens (tertiary/aromatic N) is 2. The first-order chi connectivity index (χ1) is 22.3. The van der Waals surface area contributed by atoms with Crippen molar-refractivity contribution in [1.82, 2.24) is 4.57 Å². The summed E-state index contributed by atoms with van der Waals surface area (Å²) in [5.74, 6) is 0. The molecule has 0 unspecified atom stereocenters. The first-order valence-electron chi connectivity index (χ1n) is 15.3. The van der Waals surface area contributed by atoms with E-state index in [9.17, 15) is 0 Å². The van der Waals surface area contributed by atoms with Gasteiger partial charge in [-0.15, -0.1) is 11.3 Å². The van der Waals surface area contributed by atoms with Crippen LogP contribution in [0, 0.1) is 0 Å². The summed E-state index contributed by atoms with van der Waals surface area (Å²) < 4.78 is 5.02. The number of fused-ring (bicyclic) bond motifs is 6. The number of rotatable bonds is 5. The molecule has 0 fully saturated rings. The van der Waals surface area contributed by atoms with Gasteiger partial charge in [0.15, 0.2) is 0 Å². The lowest BCUT2D eigenvalue weighted by Gasteiger charge is -2.27. The lowest BCUT2D eigenvalue weighted by molar-refractivity contribution is 1.18. The number of aromatic nitrogens is 1. The monoisotopic (exact) mass is 592 g/mol. The van der Waals surface area contributed by atoms with E-state index in [1.165, 1.54) is 53.1 Å². The van der Waals surface area contributed by atoms with E-state index in [-0.39, 0.29) is 0 Å². The Labute approximate surface area is 265 Å². The zero-order chi connectivity index (χ0) is 29.7. The Morgan fingerprint density at radius 1 is 0.422 bits per heavy atom. The summed E-state index contributed by atoms with van der Waals surface area (Å²) in [6.45, 7) is 0. The second-order valence-electron chi connectivity index (χ2n) is 11.4. The molecule has 0 saturated carbocycles. The van der Waals surface area contributed by atoms with Gasteiger partial charge in [-0.25, -0.2) is 0 Å². The summed E-state index contributed by atoms with van der Waals surface area (Å²) in [5.41, 5.74) is 9.33. The molecule has 2 aromatic heterocycles. The zero-order valence-electron chi connectivity index (χ0n) is 24.5. The second-order valence-corrected chi connectivity index (χ2v) is 12.5. The molecule has 0 aliphatic rings. The summed E-state index contributed by atoms with van der Waals surface area (Å²) in [6.07, 6.45) is 0. The van der Waals surface area contributed by atoms with Gasteiger partial charge in [-0.05, 0) is 71.8 Å². The number of hydrogen-bond donors (Lipinski definition) is 0. The largest absolute Gasteiger partial charge is 0.310 e. The van der Waals surface area contributed by atoms with Gasteiger partial charge < -0.3 is 9.47 Å².